The van der Waals surface area contributed by atoms with Gasteiger partial charge in [-0.3, -0.25) is 9.59 Å². The van der Waals surface area contributed by atoms with Crippen LogP contribution >= 0.6 is 0 Å². The fraction of sp³-hybridized carbons (Fsp3) is 0.231. The first-order chi connectivity index (χ1) is 15.8. The van der Waals surface area contributed by atoms with E-state index in [1.807, 2.05) is 60.7 Å². The Morgan fingerprint density at radius 2 is 1.36 bits per heavy atom. The van der Waals surface area contributed by atoms with Crippen LogP contribution in [0.25, 0.3) is 0 Å². The summed E-state index contributed by atoms with van der Waals surface area (Å²) >= 11 is 0. The second-order valence-corrected chi connectivity index (χ2v) is 10.1. The molecule has 2 amide bonds. The van der Waals surface area contributed by atoms with Crippen LogP contribution in [0, 0.1) is 0 Å². The zero-order valence-corrected chi connectivity index (χ0v) is 19.2. The van der Waals surface area contributed by atoms with Crippen molar-refractivity contribution in [3.63, 3.8) is 0 Å². The number of rotatable bonds is 7. The lowest BCUT2D eigenvalue weighted by atomic mass is 9.83. The molecule has 33 heavy (non-hydrogen) atoms. The van der Waals surface area contributed by atoms with Crippen LogP contribution in [0.2, 0.25) is 0 Å². The molecule has 170 valence electrons. The lowest BCUT2D eigenvalue weighted by Crippen LogP contribution is -2.67. The van der Waals surface area contributed by atoms with Crippen molar-refractivity contribution >= 4 is 21.8 Å². The van der Waals surface area contributed by atoms with Crippen LogP contribution in [-0.2, 0) is 19.6 Å². The van der Waals surface area contributed by atoms with E-state index in [0.29, 0.717) is 13.0 Å². The molecule has 1 N–H and O–H groups in total. The monoisotopic (exact) mass is 462 g/mol. The summed E-state index contributed by atoms with van der Waals surface area (Å²) < 4.78 is 27.4. The highest BCUT2D eigenvalue weighted by Gasteiger charge is 2.50. The quantitative estimate of drug-likeness (QED) is 0.580. The highest BCUT2D eigenvalue weighted by molar-refractivity contribution is 7.90. The Balaban J connectivity index is 1.52. The van der Waals surface area contributed by atoms with Crippen LogP contribution in [0.15, 0.2) is 95.9 Å². The molecule has 1 atom stereocenters. The molecule has 0 aromatic heterocycles. The number of hydrogen-bond acceptors (Lipinski definition) is 4. The Morgan fingerprint density at radius 1 is 0.879 bits per heavy atom. The van der Waals surface area contributed by atoms with Gasteiger partial charge in [-0.1, -0.05) is 78.9 Å². The van der Waals surface area contributed by atoms with E-state index in [1.165, 1.54) is 17.0 Å². The second kappa shape index (κ2) is 9.19. The topological polar surface area (TPSA) is 83.6 Å². The molecule has 0 bridgehead atoms. The smallest absolute Gasteiger partial charge is 0.264 e. The Kier molecular flexibility index (Phi) is 6.33. The summed E-state index contributed by atoms with van der Waals surface area (Å²) in [5.41, 5.74) is 0.808. The molecule has 1 fully saturated rings. The van der Waals surface area contributed by atoms with Crippen molar-refractivity contribution in [2.75, 3.05) is 6.54 Å². The van der Waals surface area contributed by atoms with Gasteiger partial charge in [-0.25, -0.2) is 13.1 Å². The maximum absolute atomic E-state index is 13.3. The van der Waals surface area contributed by atoms with E-state index < -0.39 is 21.5 Å². The van der Waals surface area contributed by atoms with Crippen LogP contribution in [0.3, 0.4) is 0 Å². The van der Waals surface area contributed by atoms with Crippen molar-refractivity contribution in [2.24, 2.45) is 0 Å². The molecular weight excluding hydrogens is 436 g/mol. The summed E-state index contributed by atoms with van der Waals surface area (Å²) in [5, 5.41) is 0. The first-order valence-electron chi connectivity index (χ1n) is 10.8. The van der Waals surface area contributed by atoms with Crippen molar-refractivity contribution in [1.82, 2.24) is 9.62 Å². The molecule has 6 nitrogen and oxygen atoms in total. The van der Waals surface area contributed by atoms with Crippen LogP contribution in [0.1, 0.15) is 36.8 Å². The van der Waals surface area contributed by atoms with Crippen LogP contribution < -0.4 is 4.72 Å². The van der Waals surface area contributed by atoms with E-state index in [4.69, 9.17) is 0 Å². The third kappa shape index (κ3) is 4.68. The van der Waals surface area contributed by atoms with Gasteiger partial charge in [0.1, 0.15) is 5.54 Å². The minimum atomic E-state index is -4.01. The average Bonchev–Trinajstić information content (AvgIpc) is 2.82. The average molecular weight is 463 g/mol. The summed E-state index contributed by atoms with van der Waals surface area (Å²) in [7, 11) is -4.01. The zero-order valence-electron chi connectivity index (χ0n) is 18.3. The van der Waals surface area contributed by atoms with Crippen LogP contribution in [0.5, 0.6) is 0 Å². The fourth-order valence-electron chi connectivity index (χ4n) is 4.17. The van der Waals surface area contributed by atoms with E-state index >= 15 is 0 Å². The fourth-order valence-corrected chi connectivity index (χ4v) is 5.27. The first kappa shape index (κ1) is 22.7. The number of benzene rings is 3. The number of amides is 2. The van der Waals surface area contributed by atoms with Gasteiger partial charge in [0.05, 0.1) is 4.90 Å². The van der Waals surface area contributed by atoms with Crippen LogP contribution in [-0.4, -0.2) is 37.2 Å². The van der Waals surface area contributed by atoms with E-state index in [2.05, 4.69) is 4.72 Å². The van der Waals surface area contributed by atoms with Gasteiger partial charge in [0.15, 0.2) is 0 Å². The second-order valence-electron chi connectivity index (χ2n) is 8.39. The molecule has 1 heterocycles. The highest BCUT2D eigenvalue weighted by atomic mass is 32.2. The molecule has 4 rings (SSSR count). The minimum absolute atomic E-state index is 0.00682. The Labute approximate surface area is 194 Å². The molecule has 1 unspecified atom stereocenters. The van der Waals surface area contributed by atoms with E-state index in [0.717, 1.165) is 11.1 Å². The third-order valence-electron chi connectivity index (χ3n) is 6.27. The first-order valence-corrected chi connectivity index (χ1v) is 12.3. The van der Waals surface area contributed by atoms with Gasteiger partial charge >= 0.3 is 0 Å². The summed E-state index contributed by atoms with van der Waals surface area (Å²) in [6.45, 7) is 2.02. The Bertz CT molecular complexity index is 1190. The molecular formula is C26H26N2O4S. The molecule has 7 heteroatoms. The number of carbonyl (C=O) groups is 2. The zero-order chi connectivity index (χ0) is 23.5. The predicted octanol–water partition coefficient (Wildman–Crippen LogP) is 3.70. The van der Waals surface area contributed by atoms with Gasteiger partial charge in [-0.2, -0.15) is 0 Å². The predicted molar refractivity (Wildman–Crippen MR) is 126 cm³/mol. The molecule has 1 aliphatic rings. The lowest BCUT2D eigenvalue weighted by Gasteiger charge is -2.49. The van der Waals surface area contributed by atoms with E-state index in [-0.39, 0.29) is 23.1 Å². The standard InChI is InChI=1S/C26H26N2O4S/c1-26(25(30)27-33(31,32)22-15-9-4-10-16-22)17-18-28(26)24(29)19-23(20-11-5-2-6-12-20)21-13-7-3-8-14-21/h2-16,23H,17-19H2,1H3,(H,27,30). The summed E-state index contributed by atoms with van der Waals surface area (Å²) in [6, 6.07) is 27.3. The molecule has 3 aromatic carbocycles. The van der Waals surface area contributed by atoms with Gasteiger partial charge in [0.25, 0.3) is 15.9 Å². The normalized spacial score (nSPS) is 17.9. The molecule has 1 aliphatic heterocycles. The Hall–Kier alpha value is -3.45. The van der Waals surface area contributed by atoms with E-state index in [1.54, 1.807) is 25.1 Å². The highest BCUT2D eigenvalue weighted by Crippen LogP contribution is 2.35. The number of nitrogens with zero attached hydrogens (tertiary/aromatic N) is 1. The van der Waals surface area contributed by atoms with E-state index in [9.17, 15) is 18.0 Å². The van der Waals surface area contributed by atoms with Gasteiger partial charge in [-0.05, 0) is 36.6 Å². The van der Waals surface area contributed by atoms with Crippen molar-refractivity contribution in [3.8, 4) is 0 Å². The van der Waals surface area contributed by atoms with Crippen molar-refractivity contribution < 1.29 is 18.0 Å². The van der Waals surface area contributed by atoms with Crippen molar-refractivity contribution in [1.29, 1.82) is 0 Å². The third-order valence-corrected chi connectivity index (χ3v) is 7.62. The van der Waals surface area contributed by atoms with Gasteiger partial charge in [-0.15, -0.1) is 0 Å². The van der Waals surface area contributed by atoms with Gasteiger partial charge in [0.2, 0.25) is 5.91 Å². The van der Waals surface area contributed by atoms with Crippen LogP contribution in [0.4, 0.5) is 0 Å². The largest absolute Gasteiger partial charge is 0.328 e. The number of carbonyl (C=O) groups excluding carboxylic acids is 2. The summed E-state index contributed by atoms with van der Waals surface area (Å²) in [4.78, 5) is 27.8. The SMILES string of the molecule is CC1(C(=O)NS(=O)(=O)c2ccccc2)CCN1C(=O)CC(c1ccccc1)c1ccccc1. The van der Waals surface area contributed by atoms with Crippen molar-refractivity contribution in [2.45, 2.75) is 36.1 Å². The number of nitrogens with one attached hydrogen (secondary N) is 1. The molecule has 1 saturated heterocycles. The molecule has 0 aliphatic carbocycles. The molecule has 0 radical (unpaired) electrons. The molecule has 0 spiro atoms. The molecule has 3 aromatic rings. The maximum Gasteiger partial charge on any atom is 0.264 e. The summed E-state index contributed by atoms with van der Waals surface area (Å²) in [6.07, 6.45) is 0.582. The maximum atomic E-state index is 13.3. The Morgan fingerprint density at radius 3 is 1.82 bits per heavy atom. The van der Waals surface area contributed by atoms with Gasteiger partial charge < -0.3 is 4.90 Å². The van der Waals surface area contributed by atoms with Crippen molar-refractivity contribution in [3.05, 3.63) is 102 Å². The minimum Gasteiger partial charge on any atom is -0.328 e. The lowest BCUT2D eigenvalue weighted by molar-refractivity contribution is -0.156. The van der Waals surface area contributed by atoms with Gasteiger partial charge in [0, 0.05) is 18.9 Å². The number of sulfonamides is 1. The molecule has 0 saturated carbocycles. The summed E-state index contributed by atoms with van der Waals surface area (Å²) in [5.74, 6) is -1.04. The number of likely N-dealkylation sites (tertiary alicyclic amines) is 1. The number of hydrogen-bond donors (Lipinski definition) is 1.